The van der Waals surface area contributed by atoms with Crippen molar-refractivity contribution in [2.75, 3.05) is 0 Å². The third-order valence-corrected chi connectivity index (χ3v) is 4.31. The minimum Gasteiger partial charge on any atom is -0.366 e. The first-order chi connectivity index (χ1) is 8.29. The number of hydrogen-bond acceptors (Lipinski definition) is 4. The molecule has 2 atom stereocenters. The summed E-state index contributed by atoms with van der Waals surface area (Å²) in [6, 6.07) is 0. The Morgan fingerprint density at radius 2 is 2.17 bits per heavy atom. The largest absolute Gasteiger partial charge is 0.366 e. The molecule has 5 nitrogen and oxygen atoms in total. The highest BCUT2D eigenvalue weighted by Crippen LogP contribution is 2.33. The molecule has 7 heteroatoms. The Kier molecular flexibility index (Phi) is 6.17. The molecule has 2 rings (SSSR count). The summed E-state index contributed by atoms with van der Waals surface area (Å²) in [7, 11) is 0. The first-order valence-electron chi connectivity index (χ1n) is 5.67. The second-order valence-corrected chi connectivity index (χ2v) is 6.85. The lowest BCUT2D eigenvalue weighted by Gasteiger charge is -2.03. The van der Waals surface area contributed by atoms with Gasteiger partial charge in [0.15, 0.2) is 5.79 Å². The van der Waals surface area contributed by atoms with Gasteiger partial charge in [0.05, 0.1) is 12.6 Å². The molecule has 0 radical (unpaired) electrons. The van der Waals surface area contributed by atoms with Gasteiger partial charge in [-0.3, -0.25) is 4.79 Å². The van der Waals surface area contributed by atoms with E-state index in [1.807, 2.05) is 10.6 Å². The van der Waals surface area contributed by atoms with Crippen LogP contribution < -0.4 is 0 Å². The van der Waals surface area contributed by atoms with Crippen LogP contribution in [0.2, 0.25) is 0 Å². The lowest BCUT2D eigenvalue weighted by atomic mass is 10.0. The minimum absolute atomic E-state index is 0.398. The molecule has 102 valence electrons. The second-order valence-electron chi connectivity index (χ2n) is 4.78. The van der Waals surface area contributed by atoms with E-state index in [1.165, 1.54) is 19.4 Å². The fourth-order valence-electron chi connectivity index (χ4n) is 1.69. The number of Topliss-reactive ketones (excluding diaryl/α,β-unsaturated/α-hetero) is 1. The standard InChI is InChI=1S/C8H10IN2OP.C3H8O2/c9-13-11-5-7(4-10-11)6-1-2-8(12)3-6;1-3(2,4)5/h4-6,13H,1-3H2;4-5H,1-2H3. The molecule has 1 aliphatic rings. The molecule has 2 unspecified atom stereocenters. The van der Waals surface area contributed by atoms with E-state index in [0.717, 1.165) is 19.3 Å². The van der Waals surface area contributed by atoms with Gasteiger partial charge in [-0.05, 0) is 53.8 Å². The van der Waals surface area contributed by atoms with Crippen molar-refractivity contribution in [1.82, 2.24) is 9.55 Å². The van der Waals surface area contributed by atoms with Crippen molar-refractivity contribution < 1.29 is 15.0 Å². The molecular weight excluding hydrogens is 366 g/mol. The van der Waals surface area contributed by atoms with Crippen LogP contribution in [0.4, 0.5) is 0 Å². The van der Waals surface area contributed by atoms with Gasteiger partial charge in [0.25, 0.3) is 0 Å². The smallest absolute Gasteiger partial charge is 0.156 e. The third kappa shape index (κ3) is 6.22. The summed E-state index contributed by atoms with van der Waals surface area (Å²) in [6.45, 7) is 2.60. The molecule has 0 saturated heterocycles. The van der Waals surface area contributed by atoms with Crippen molar-refractivity contribution in [3.8, 4) is 0 Å². The second kappa shape index (κ2) is 6.93. The summed E-state index contributed by atoms with van der Waals surface area (Å²) in [4.78, 5) is 11.1. The van der Waals surface area contributed by atoms with Gasteiger partial charge in [0, 0.05) is 19.0 Å². The third-order valence-electron chi connectivity index (χ3n) is 2.41. The number of ketones is 1. The average Bonchev–Trinajstić information content (AvgIpc) is 2.82. The van der Waals surface area contributed by atoms with Crippen molar-refractivity contribution in [2.45, 2.75) is 44.8 Å². The fourth-order valence-corrected chi connectivity index (χ4v) is 2.78. The number of nitrogens with zero attached hydrogens (tertiary/aromatic N) is 2. The SMILES string of the molecule is CC(C)(O)O.O=C1CCC(c2cnn(PI)c2)C1. The lowest BCUT2D eigenvalue weighted by molar-refractivity contribution is -0.127. The topological polar surface area (TPSA) is 75.3 Å². The van der Waals surface area contributed by atoms with E-state index in [2.05, 4.69) is 33.3 Å². The van der Waals surface area contributed by atoms with Crippen LogP contribution in [-0.2, 0) is 4.79 Å². The molecule has 1 fully saturated rings. The molecular formula is C11H18IN2O3P. The van der Waals surface area contributed by atoms with Crippen molar-refractivity contribution in [3.63, 3.8) is 0 Å². The molecule has 0 aliphatic heterocycles. The van der Waals surface area contributed by atoms with Gasteiger partial charge >= 0.3 is 0 Å². The zero-order chi connectivity index (χ0) is 13.8. The summed E-state index contributed by atoms with van der Waals surface area (Å²) in [5, 5.41) is 20.4. The summed E-state index contributed by atoms with van der Waals surface area (Å²) in [5.41, 5.74) is 1.23. The van der Waals surface area contributed by atoms with Crippen LogP contribution >= 0.6 is 28.4 Å². The Balaban J connectivity index is 0.000000280. The van der Waals surface area contributed by atoms with E-state index in [4.69, 9.17) is 10.2 Å². The van der Waals surface area contributed by atoms with Gasteiger partial charge in [0.2, 0.25) is 0 Å². The van der Waals surface area contributed by atoms with Crippen LogP contribution in [0.25, 0.3) is 0 Å². The van der Waals surface area contributed by atoms with Crippen molar-refractivity contribution in [1.29, 1.82) is 0 Å². The average molecular weight is 384 g/mol. The summed E-state index contributed by atoms with van der Waals surface area (Å²) in [6.07, 6.45) is 7.09. The number of carbonyl (C=O) groups is 1. The Bertz CT molecular complexity index is 397. The predicted octanol–water partition coefficient (Wildman–Crippen LogP) is 2.22. The molecule has 1 heterocycles. The highest BCUT2D eigenvalue weighted by molar-refractivity contribution is 14.2. The number of carbonyl (C=O) groups excluding carboxylic acids is 1. The molecule has 18 heavy (non-hydrogen) atoms. The Morgan fingerprint density at radius 1 is 1.56 bits per heavy atom. The molecule has 0 amide bonds. The molecule has 1 saturated carbocycles. The molecule has 1 aliphatic carbocycles. The number of rotatable bonds is 2. The molecule has 0 aromatic carbocycles. The van der Waals surface area contributed by atoms with Crippen LogP contribution in [0.1, 0.15) is 44.6 Å². The quantitative estimate of drug-likeness (QED) is 0.466. The fraction of sp³-hybridized carbons (Fsp3) is 0.636. The van der Waals surface area contributed by atoms with Crippen LogP contribution in [0.3, 0.4) is 0 Å². The first-order valence-corrected chi connectivity index (χ1v) is 9.73. The highest BCUT2D eigenvalue weighted by Gasteiger charge is 2.24. The van der Waals surface area contributed by atoms with E-state index in [-0.39, 0.29) is 0 Å². The zero-order valence-electron chi connectivity index (χ0n) is 10.4. The van der Waals surface area contributed by atoms with Gasteiger partial charge < -0.3 is 10.2 Å². The van der Waals surface area contributed by atoms with E-state index in [1.54, 1.807) is 0 Å². The van der Waals surface area contributed by atoms with Gasteiger partial charge in [-0.1, -0.05) is 0 Å². The van der Waals surface area contributed by atoms with Crippen molar-refractivity contribution >= 4 is 34.2 Å². The van der Waals surface area contributed by atoms with Crippen LogP contribution in [0, 0.1) is 0 Å². The normalized spacial score (nSPS) is 20.3. The van der Waals surface area contributed by atoms with E-state index in [0.29, 0.717) is 18.1 Å². The first kappa shape index (κ1) is 16.0. The molecule has 0 bridgehead atoms. The number of halogens is 1. The number of aromatic nitrogens is 2. The van der Waals surface area contributed by atoms with E-state index < -0.39 is 5.79 Å². The lowest BCUT2D eigenvalue weighted by Crippen LogP contribution is -2.15. The maximum absolute atomic E-state index is 11.1. The summed E-state index contributed by atoms with van der Waals surface area (Å²) in [5.74, 6) is -0.663. The van der Waals surface area contributed by atoms with Crippen molar-refractivity contribution in [3.05, 3.63) is 18.0 Å². The van der Waals surface area contributed by atoms with Gasteiger partial charge in [0.1, 0.15) is 5.78 Å². The molecule has 1 aromatic heterocycles. The van der Waals surface area contributed by atoms with Gasteiger partial charge in [-0.2, -0.15) is 5.10 Å². The van der Waals surface area contributed by atoms with Gasteiger partial charge in [-0.15, -0.1) is 0 Å². The van der Waals surface area contributed by atoms with Crippen LogP contribution in [0.15, 0.2) is 12.4 Å². The summed E-state index contributed by atoms with van der Waals surface area (Å²) < 4.78 is 1.93. The van der Waals surface area contributed by atoms with Crippen LogP contribution in [0.5, 0.6) is 0 Å². The zero-order valence-corrected chi connectivity index (χ0v) is 13.6. The van der Waals surface area contributed by atoms with E-state index >= 15 is 0 Å². The maximum Gasteiger partial charge on any atom is 0.156 e. The van der Waals surface area contributed by atoms with Crippen LogP contribution in [-0.4, -0.2) is 31.3 Å². The van der Waals surface area contributed by atoms with Gasteiger partial charge in [-0.25, -0.2) is 4.45 Å². The highest BCUT2D eigenvalue weighted by atomic mass is 127. The van der Waals surface area contributed by atoms with E-state index in [9.17, 15) is 4.79 Å². The Morgan fingerprint density at radius 3 is 2.56 bits per heavy atom. The Labute approximate surface area is 121 Å². The minimum atomic E-state index is -1.50. The monoisotopic (exact) mass is 384 g/mol. The molecule has 2 N–H and O–H groups in total. The summed E-state index contributed by atoms with van der Waals surface area (Å²) >= 11 is 2.30. The molecule has 1 aromatic rings. The van der Waals surface area contributed by atoms with Crippen molar-refractivity contribution in [2.24, 2.45) is 0 Å². The number of hydrogen-bond donors (Lipinski definition) is 2. The number of aliphatic hydroxyl groups is 2. The molecule has 0 spiro atoms. The predicted molar refractivity (Wildman–Crippen MR) is 80.1 cm³/mol. The Hall–Kier alpha value is -0.0400. The maximum atomic E-state index is 11.1.